The van der Waals surface area contributed by atoms with Gasteiger partial charge in [0, 0.05) is 35.9 Å². The van der Waals surface area contributed by atoms with Gasteiger partial charge >= 0.3 is 0 Å². The number of fused-ring (bicyclic) bond motifs is 2. The van der Waals surface area contributed by atoms with Crippen LogP contribution in [-0.4, -0.2) is 49.0 Å². The second-order valence-electron chi connectivity index (χ2n) is 9.56. The summed E-state index contributed by atoms with van der Waals surface area (Å²) in [5, 5.41) is 62.2. The van der Waals surface area contributed by atoms with Gasteiger partial charge in [0.2, 0.25) is 0 Å². The third-order valence-corrected chi connectivity index (χ3v) is 6.99. The molecule has 5 rings (SSSR count). The van der Waals surface area contributed by atoms with Crippen molar-refractivity contribution in [2.75, 3.05) is 12.3 Å². The Bertz CT molecular complexity index is 1540. The predicted molar refractivity (Wildman–Crippen MR) is 137 cm³/mol. The van der Waals surface area contributed by atoms with Crippen LogP contribution in [0.15, 0.2) is 63.8 Å². The fraction of sp³-hybridized carbons (Fsp3) is 0.250. The molecular formula is C28H27NO9. The Morgan fingerprint density at radius 2 is 1.71 bits per heavy atom. The number of aromatic hydroxyl groups is 3. The minimum absolute atomic E-state index is 0.0773. The van der Waals surface area contributed by atoms with E-state index in [9.17, 15) is 35.4 Å². The number of phenols is 3. The molecule has 0 amide bonds. The maximum Gasteiger partial charge on any atom is 0.196 e. The fourth-order valence-corrected chi connectivity index (χ4v) is 4.84. The molecule has 0 bridgehead atoms. The second-order valence-corrected chi connectivity index (χ2v) is 9.56. The molecule has 198 valence electrons. The van der Waals surface area contributed by atoms with Crippen LogP contribution in [0, 0.1) is 0 Å². The van der Waals surface area contributed by atoms with Crippen LogP contribution in [0.1, 0.15) is 35.0 Å². The van der Waals surface area contributed by atoms with E-state index in [1.807, 2.05) is 12.1 Å². The van der Waals surface area contributed by atoms with Crippen LogP contribution < -0.4 is 15.9 Å². The minimum atomic E-state index is -1.51. The van der Waals surface area contributed by atoms with E-state index >= 15 is 0 Å². The topological polar surface area (TPSA) is 187 Å². The first kappa shape index (κ1) is 25.4. The first-order valence-corrected chi connectivity index (χ1v) is 12.0. The van der Waals surface area contributed by atoms with Crippen molar-refractivity contribution in [3.63, 3.8) is 0 Å². The van der Waals surface area contributed by atoms with E-state index in [-0.39, 0.29) is 57.9 Å². The number of rotatable bonds is 6. The Morgan fingerprint density at radius 1 is 1.03 bits per heavy atom. The lowest BCUT2D eigenvalue weighted by atomic mass is 9.83. The molecule has 38 heavy (non-hydrogen) atoms. The van der Waals surface area contributed by atoms with E-state index in [1.165, 1.54) is 18.2 Å². The molecule has 3 atom stereocenters. The Morgan fingerprint density at radius 3 is 2.37 bits per heavy atom. The lowest BCUT2D eigenvalue weighted by Crippen LogP contribution is -2.54. The Hall–Kier alpha value is -4.25. The zero-order valence-electron chi connectivity index (χ0n) is 20.2. The highest BCUT2D eigenvalue weighted by Gasteiger charge is 2.45. The molecule has 0 saturated heterocycles. The average molecular weight is 522 g/mol. The van der Waals surface area contributed by atoms with Gasteiger partial charge in [0.25, 0.3) is 0 Å². The number of phenolic OH excluding ortho intramolecular Hbond substituents is 3. The van der Waals surface area contributed by atoms with Crippen molar-refractivity contribution in [1.82, 2.24) is 0 Å². The van der Waals surface area contributed by atoms with Gasteiger partial charge in [-0.1, -0.05) is 12.1 Å². The van der Waals surface area contributed by atoms with Crippen LogP contribution >= 0.6 is 0 Å². The molecule has 0 radical (unpaired) electrons. The number of hydrogen-bond acceptors (Lipinski definition) is 10. The minimum Gasteiger partial charge on any atom is -0.508 e. The molecule has 1 aliphatic heterocycles. The van der Waals surface area contributed by atoms with Crippen LogP contribution in [0.25, 0.3) is 11.0 Å². The van der Waals surface area contributed by atoms with Gasteiger partial charge in [0.15, 0.2) is 11.0 Å². The van der Waals surface area contributed by atoms with Crippen LogP contribution in [0.4, 0.5) is 5.69 Å². The van der Waals surface area contributed by atoms with Crippen LogP contribution in [0.2, 0.25) is 0 Å². The molecule has 0 fully saturated rings. The highest BCUT2D eigenvalue weighted by atomic mass is 16.5. The number of hydrogen-bond donors (Lipinski definition) is 7. The molecule has 4 aromatic rings. The number of nitrogens with two attached hydrogens (primary N) is 1. The van der Waals surface area contributed by atoms with Crippen molar-refractivity contribution in [1.29, 1.82) is 0 Å². The molecule has 10 heteroatoms. The molecule has 3 unspecified atom stereocenters. The molecule has 0 spiro atoms. The maximum atomic E-state index is 12.9. The first-order chi connectivity index (χ1) is 18.1. The maximum absolute atomic E-state index is 12.9. The van der Waals surface area contributed by atoms with E-state index in [2.05, 4.69) is 0 Å². The van der Waals surface area contributed by atoms with E-state index in [1.54, 1.807) is 12.1 Å². The third-order valence-electron chi connectivity index (χ3n) is 6.99. The number of aliphatic hydroxyl groups excluding tert-OH is 3. The highest BCUT2D eigenvalue weighted by Crippen LogP contribution is 2.44. The van der Waals surface area contributed by atoms with Crippen LogP contribution in [0.5, 0.6) is 23.0 Å². The van der Waals surface area contributed by atoms with Crippen LogP contribution in [-0.2, 0) is 12.8 Å². The van der Waals surface area contributed by atoms with Crippen molar-refractivity contribution in [2.45, 2.75) is 37.1 Å². The van der Waals surface area contributed by atoms with Gasteiger partial charge in [-0.25, -0.2) is 0 Å². The molecule has 10 nitrogen and oxygen atoms in total. The standard InChI is InChI=1S/C28H27NO9/c29-16-3-1-14(2-4-16)5-6-28(13-30)24(34)10-19-21(38-28)12-22-25(27(19)36)20(33)11-23(37-22)26(35)15-7-17(31)9-18(32)8-15/h1-4,7-9,11-12,24,26,30-32,34-36H,5-6,10,13,29H2. The summed E-state index contributed by atoms with van der Waals surface area (Å²) in [7, 11) is 0. The van der Waals surface area contributed by atoms with Gasteiger partial charge in [-0.15, -0.1) is 0 Å². The SMILES string of the molecule is Nc1ccc(CCC2(CO)Oc3cc4oc(C(O)c5cc(O)cc(O)c5)cc(=O)c4c(O)c3CC2O)cc1. The van der Waals surface area contributed by atoms with E-state index in [4.69, 9.17) is 14.9 Å². The number of aryl methyl sites for hydroxylation is 1. The van der Waals surface area contributed by atoms with Gasteiger partial charge in [0.05, 0.1) is 6.61 Å². The average Bonchev–Trinajstić information content (AvgIpc) is 2.87. The molecule has 8 N–H and O–H groups in total. The van der Waals surface area contributed by atoms with Crippen LogP contribution in [0.3, 0.4) is 0 Å². The largest absolute Gasteiger partial charge is 0.508 e. The summed E-state index contributed by atoms with van der Waals surface area (Å²) < 4.78 is 11.9. The summed E-state index contributed by atoms with van der Waals surface area (Å²) in [5.74, 6) is -1.08. The zero-order valence-corrected chi connectivity index (χ0v) is 20.2. The fourth-order valence-electron chi connectivity index (χ4n) is 4.84. The Labute approximate surface area is 216 Å². The summed E-state index contributed by atoms with van der Waals surface area (Å²) in [6.45, 7) is -0.509. The molecule has 0 aliphatic carbocycles. The Kier molecular flexibility index (Phi) is 6.39. The van der Waals surface area contributed by atoms with Gasteiger partial charge < -0.3 is 45.5 Å². The van der Waals surface area contributed by atoms with Crippen molar-refractivity contribution in [3.8, 4) is 23.0 Å². The lowest BCUT2D eigenvalue weighted by Gasteiger charge is -2.41. The molecule has 1 aromatic heterocycles. The van der Waals surface area contributed by atoms with Crippen molar-refractivity contribution in [2.24, 2.45) is 0 Å². The van der Waals surface area contributed by atoms with E-state index < -0.39 is 35.6 Å². The van der Waals surface area contributed by atoms with Gasteiger partial charge in [0.1, 0.15) is 51.9 Å². The number of aliphatic hydroxyl groups is 3. The molecular weight excluding hydrogens is 494 g/mol. The summed E-state index contributed by atoms with van der Waals surface area (Å²) in [5.41, 5.74) is 5.43. The number of nitrogen functional groups attached to an aromatic ring is 1. The Balaban J connectivity index is 1.53. The van der Waals surface area contributed by atoms with Gasteiger partial charge in [-0.2, -0.15) is 0 Å². The predicted octanol–water partition coefficient (Wildman–Crippen LogP) is 2.23. The monoisotopic (exact) mass is 521 g/mol. The normalized spacial score (nSPS) is 19.6. The number of anilines is 1. The quantitative estimate of drug-likeness (QED) is 0.185. The third kappa shape index (κ3) is 4.49. The van der Waals surface area contributed by atoms with Gasteiger partial charge in [-0.3, -0.25) is 4.79 Å². The van der Waals surface area contributed by atoms with Crippen molar-refractivity contribution in [3.05, 3.63) is 87.3 Å². The molecule has 1 aliphatic rings. The first-order valence-electron chi connectivity index (χ1n) is 12.0. The summed E-state index contributed by atoms with van der Waals surface area (Å²) in [4.78, 5) is 12.9. The summed E-state index contributed by atoms with van der Waals surface area (Å²) in [6.07, 6.45) is -2.05. The molecule has 3 aromatic carbocycles. The van der Waals surface area contributed by atoms with Crippen molar-refractivity contribution >= 4 is 16.7 Å². The number of benzene rings is 3. The smallest absolute Gasteiger partial charge is 0.196 e. The van der Waals surface area contributed by atoms with Gasteiger partial charge in [-0.05, 0) is 48.2 Å². The zero-order chi connectivity index (χ0) is 27.2. The second kappa shape index (κ2) is 9.56. The summed E-state index contributed by atoms with van der Waals surface area (Å²) >= 11 is 0. The number of ether oxygens (including phenoxy) is 1. The molecule has 2 heterocycles. The van der Waals surface area contributed by atoms with E-state index in [0.717, 1.165) is 17.7 Å². The molecule has 0 saturated carbocycles. The summed E-state index contributed by atoms with van der Waals surface area (Å²) in [6, 6.07) is 13.1. The van der Waals surface area contributed by atoms with Crippen molar-refractivity contribution < 1.29 is 39.8 Å². The van der Waals surface area contributed by atoms with E-state index in [0.29, 0.717) is 12.1 Å². The lowest BCUT2D eigenvalue weighted by molar-refractivity contribution is -0.101. The highest BCUT2D eigenvalue weighted by molar-refractivity contribution is 5.87.